The first-order valence-electron chi connectivity index (χ1n) is 5.45. The molecule has 5 heteroatoms. The Morgan fingerprint density at radius 1 is 1.28 bits per heavy atom. The van der Waals surface area contributed by atoms with Crippen LogP contribution in [-0.2, 0) is 0 Å². The third kappa shape index (κ3) is 2.54. The fraction of sp³-hybridized carbons (Fsp3) is 0.231. The molecule has 1 aromatic carbocycles. The van der Waals surface area contributed by atoms with E-state index in [9.17, 15) is 4.79 Å². The molecule has 0 unspecified atom stereocenters. The van der Waals surface area contributed by atoms with E-state index < -0.39 is 0 Å². The minimum absolute atomic E-state index is 0.265. The Labute approximate surface area is 115 Å². The normalized spacial score (nSPS) is 10.4. The number of halogens is 1. The van der Waals surface area contributed by atoms with E-state index in [0.717, 1.165) is 12.0 Å². The Bertz CT molecular complexity index is 574. The van der Waals surface area contributed by atoms with Crippen molar-refractivity contribution in [3.05, 3.63) is 39.4 Å². The van der Waals surface area contributed by atoms with E-state index in [0.29, 0.717) is 10.0 Å². The van der Waals surface area contributed by atoms with Crippen molar-refractivity contribution in [2.75, 3.05) is 11.9 Å². The van der Waals surface area contributed by atoms with E-state index in [1.165, 1.54) is 22.5 Å². The van der Waals surface area contributed by atoms with Crippen molar-refractivity contribution in [3.63, 3.8) is 0 Å². The maximum atomic E-state index is 10.8. The molecule has 0 saturated heterocycles. The lowest BCUT2D eigenvalue weighted by atomic mass is 10.1. The van der Waals surface area contributed by atoms with Gasteiger partial charge in [0, 0.05) is 12.7 Å². The Hall–Kier alpha value is -1.39. The van der Waals surface area contributed by atoms with Gasteiger partial charge in [-0.1, -0.05) is 29.0 Å². The minimum atomic E-state index is 0.265. The number of carbonyl (C=O) groups is 1. The summed E-state index contributed by atoms with van der Waals surface area (Å²) in [6.45, 7) is 4.10. The van der Waals surface area contributed by atoms with Crippen LogP contribution in [0.5, 0.6) is 0 Å². The lowest BCUT2D eigenvalue weighted by Gasteiger charge is -2.17. The Morgan fingerprint density at radius 2 is 1.89 bits per heavy atom. The summed E-state index contributed by atoms with van der Waals surface area (Å²) in [5, 5.41) is 0.980. The predicted molar refractivity (Wildman–Crippen MR) is 76.5 cm³/mol. The quantitative estimate of drug-likeness (QED) is 0.797. The number of anilines is 2. The van der Waals surface area contributed by atoms with Gasteiger partial charge in [-0.05, 0) is 37.1 Å². The van der Waals surface area contributed by atoms with Crippen molar-refractivity contribution in [1.29, 1.82) is 0 Å². The van der Waals surface area contributed by atoms with Gasteiger partial charge in [0.1, 0.15) is 4.88 Å². The number of rotatable bonds is 3. The standard InChI is InChI=1S/C13H13ClN2OS/c1-8-4-9(2)6-10(5-8)16(3)13-15-12(14)11(7-17)18-13/h4-7H,1-3H3. The fourth-order valence-electron chi connectivity index (χ4n) is 1.77. The highest BCUT2D eigenvalue weighted by molar-refractivity contribution is 7.17. The van der Waals surface area contributed by atoms with E-state index >= 15 is 0 Å². The highest BCUT2D eigenvalue weighted by atomic mass is 35.5. The summed E-state index contributed by atoms with van der Waals surface area (Å²) in [6.07, 6.45) is 0.735. The molecule has 1 heterocycles. The number of benzene rings is 1. The van der Waals surface area contributed by atoms with Crippen LogP contribution in [0.15, 0.2) is 18.2 Å². The number of hydrogen-bond acceptors (Lipinski definition) is 4. The summed E-state index contributed by atoms with van der Waals surface area (Å²) in [6, 6.07) is 6.26. The highest BCUT2D eigenvalue weighted by Gasteiger charge is 2.13. The molecule has 0 bridgehead atoms. The van der Waals surface area contributed by atoms with Gasteiger partial charge < -0.3 is 4.90 Å². The molecule has 0 atom stereocenters. The number of hydrogen-bond donors (Lipinski definition) is 0. The summed E-state index contributed by atoms with van der Waals surface area (Å²) >= 11 is 7.17. The van der Waals surface area contributed by atoms with Crippen LogP contribution in [0.4, 0.5) is 10.8 Å². The zero-order chi connectivity index (χ0) is 13.3. The Morgan fingerprint density at radius 3 is 2.39 bits per heavy atom. The molecule has 2 rings (SSSR count). The van der Waals surface area contributed by atoms with Gasteiger partial charge >= 0.3 is 0 Å². The maximum Gasteiger partial charge on any atom is 0.191 e. The van der Waals surface area contributed by atoms with Crippen LogP contribution in [0.3, 0.4) is 0 Å². The minimum Gasteiger partial charge on any atom is -0.321 e. The van der Waals surface area contributed by atoms with E-state index in [-0.39, 0.29) is 5.15 Å². The summed E-state index contributed by atoms with van der Waals surface area (Å²) in [4.78, 5) is 17.4. The van der Waals surface area contributed by atoms with Crippen LogP contribution in [0.25, 0.3) is 0 Å². The van der Waals surface area contributed by atoms with Crippen LogP contribution < -0.4 is 4.90 Å². The number of aryl methyl sites for hydroxylation is 2. The van der Waals surface area contributed by atoms with Crippen LogP contribution >= 0.6 is 22.9 Å². The Kier molecular flexibility index (Phi) is 3.68. The van der Waals surface area contributed by atoms with E-state index in [1.807, 2.05) is 11.9 Å². The van der Waals surface area contributed by atoms with Crippen molar-refractivity contribution in [3.8, 4) is 0 Å². The molecule has 1 aromatic heterocycles. The van der Waals surface area contributed by atoms with Crippen molar-refractivity contribution in [1.82, 2.24) is 4.98 Å². The molecule has 0 spiro atoms. The molecule has 18 heavy (non-hydrogen) atoms. The lowest BCUT2D eigenvalue weighted by Crippen LogP contribution is -2.09. The molecule has 2 aromatic rings. The fourth-order valence-corrected chi connectivity index (χ4v) is 2.82. The first-order valence-corrected chi connectivity index (χ1v) is 6.64. The average molecular weight is 281 g/mol. The molecule has 0 aliphatic carbocycles. The summed E-state index contributed by atoms with van der Waals surface area (Å²) in [5.41, 5.74) is 3.42. The van der Waals surface area contributed by atoms with Gasteiger partial charge in [0.2, 0.25) is 0 Å². The van der Waals surface area contributed by atoms with Gasteiger partial charge in [-0.3, -0.25) is 4.79 Å². The number of carbonyl (C=O) groups excluding carboxylic acids is 1. The lowest BCUT2D eigenvalue weighted by molar-refractivity contribution is 0.112. The molecule has 0 radical (unpaired) electrons. The van der Waals surface area contributed by atoms with Crippen molar-refractivity contribution < 1.29 is 4.79 Å². The molecule has 0 saturated carbocycles. The third-order valence-corrected chi connectivity index (χ3v) is 4.04. The summed E-state index contributed by atoms with van der Waals surface area (Å²) in [5.74, 6) is 0. The van der Waals surface area contributed by atoms with Crippen LogP contribution in [0.2, 0.25) is 5.15 Å². The number of aldehydes is 1. The first-order chi connectivity index (χ1) is 8.51. The van der Waals surface area contributed by atoms with Crippen LogP contribution in [0.1, 0.15) is 20.8 Å². The summed E-state index contributed by atoms with van der Waals surface area (Å²) in [7, 11) is 1.91. The number of thiazole rings is 1. The van der Waals surface area contributed by atoms with E-state index in [4.69, 9.17) is 11.6 Å². The molecule has 0 fully saturated rings. The molecule has 0 aliphatic rings. The molecular weight excluding hydrogens is 268 g/mol. The van der Waals surface area contributed by atoms with Gasteiger partial charge in [0.15, 0.2) is 16.6 Å². The zero-order valence-corrected chi connectivity index (χ0v) is 12.0. The molecule has 94 valence electrons. The first kappa shape index (κ1) is 13.1. The van der Waals surface area contributed by atoms with Gasteiger partial charge in [0.25, 0.3) is 0 Å². The monoisotopic (exact) mass is 280 g/mol. The summed E-state index contributed by atoms with van der Waals surface area (Å²) < 4.78 is 0. The van der Waals surface area contributed by atoms with Crippen LogP contribution in [0, 0.1) is 13.8 Å². The molecular formula is C13H13ClN2OS. The zero-order valence-electron chi connectivity index (χ0n) is 10.4. The predicted octanol–water partition coefficient (Wildman–Crippen LogP) is 3.99. The molecule has 0 N–H and O–H groups in total. The highest BCUT2D eigenvalue weighted by Crippen LogP contribution is 2.32. The number of nitrogens with zero attached hydrogens (tertiary/aromatic N) is 2. The molecule has 0 aliphatic heterocycles. The SMILES string of the molecule is Cc1cc(C)cc(N(C)c2nc(Cl)c(C=O)s2)c1. The van der Waals surface area contributed by atoms with Gasteiger partial charge in [0.05, 0.1) is 0 Å². The van der Waals surface area contributed by atoms with Gasteiger partial charge in [-0.15, -0.1) is 0 Å². The maximum absolute atomic E-state index is 10.8. The van der Waals surface area contributed by atoms with Crippen molar-refractivity contribution >= 4 is 40.0 Å². The topological polar surface area (TPSA) is 33.2 Å². The van der Waals surface area contributed by atoms with Gasteiger partial charge in [-0.25, -0.2) is 4.98 Å². The van der Waals surface area contributed by atoms with E-state index in [1.54, 1.807) is 0 Å². The van der Waals surface area contributed by atoms with Crippen LogP contribution in [-0.4, -0.2) is 18.3 Å². The average Bonchev–Trinajstić information content (AvgIpc) is 2.68. The van der Waals surface area contributed by atoms with Crippen molar-refractivity contribution in [2.45, 2.75) is 13.8 Å². The van der Waals surface area contributed by atoms with Gasteiger partial charge in [-0.2, -0.15) is 0 Å². The second kappa shape index (κ2) is 5.08. The molecule has 0 amide bonds. The van der Waals surface area contributed by atoms with Crippen molar-refractivity contribution in [2.24, 2.45) is 0 Å². The largest absolute Gasteiger partial charge is 0.321 e. The van der Waals surface area contributed by atoms with E-state index in [2.05, 4.69) is 37.0 Å². The Balaban J connectivity index is 2.40. The second-order valence-corrected chi connectivity index (χ2v) is 5.54. The smallest absolute Gasteiger partial charge is 0.191 e. The number of aromatic nitrogens is 1. The third-order valence-electron chi connectivity index (χ3n) is 2.59. The second-order valence-electron chi connectivity index (χ2n) is 4.17. The molecule has 3 nitrogen and oxygen atoms in total.